The normalized spacial score (nSPS) is 12.5. The number of rotatable bonds is 4. The molecule has 0 aliphatic carbocycles. The molecule has 0 aliphatic heterocycles. The van der Waals surface area contributed by atoms with Gasteiger partial charge in [0.05, 0.1) is 4.90 Å². The van der Waals surface area contributed by atoms with E-state index in [0.717, 1.165) is 0 Å². The number of carboxylic acids is 1. The molecule has 19 heavy (non-hydrogen) atoms. The second-order valence-corrected chi connectivity index (χ2v) is 5.78. The van der Waals surface area contributed by atoms with E-state index in [1.807, 2.05) is 13.8 Å². The molecule has 1 aromatic carbocycles. The van der Waals surface area contributed by atoms with Gasteiger partial charge >= 0.3 is 5.97 Å². The molecule has 0 unspecified atom stereocenters. The summed E-state index contributed by atoms with van der Waals surface area (Å²) >= 11 is 0. The summed E-state index contributed by atoms with van der Waals surface area (Å²) in [6.45, 7) is 3.89. The van der Waals surface area contributed by atoms with E-state index in [2.05, 4.69) is 0 Å². The molecule has 1 aromatic rings. The molecular weight excluding hydrogens is 270 g/mol. The van der Waals surface area contributed by atoms with E-state index in [1.165, 1.54) is 12.1 Å². The van der Waals surface area contributed by atoms with Gasteiger partial charge in [-0.05, 0) is 24.5 Å². The van der Waals surface area contributed by atoms with Crippen LogP contribution in [0.1, 0.15) is 20.3 Å². The molecule has 0 aromatic heterocycles. The third kappa shape index (κ3) is 8.30. The zero-order valence-electron chi connectivity index (χ0n) is 10.9. The zero-order valence-corrected chi connectivity index (χ0v) is 11.7. The highest BCUT2D eigenvalue weighted by molar-refractivity contribution is 7.85. The summed E-state index contributed by atoms with van der Waals surface area (Å²) < 4.78 is 29.2. The van der Waals surface area contributed by atoms with Crippen molar-refractivity contribution in [3.05, 3.63) is 30.3 Å². The van der Waals surface area contributed by atoms with E-state index in [-0.39, 0.29) is 4.90 Å². The molecular formula is C12H19NO5S. The number of carbonyl (C=O) groups is 1. The van der Waals surface area contributed by atoms with E-state index >= 15 is 0 Å². The zero-order chi connectivity index (χ0) is 15.1. The van der Waals surface area contributed by atoms with Crippen LogP contribution in [-0.2, 0) is 14.9 Å². The first-order valence-electron chi connectivity index (χ1n) is 5.65. The summed E-state index contributed by atoms with van der Waals surface area (Å²) in [5, 5.41) is 8.31. The second-order valence-electron chi connectivity index (χ2n) is 4.36. The van der Waals surface area contributed by atoms with Crippen LogP contribution in [0, 0.1) is 5.92 Å². The highest BCUT2D eigenvalue weighted by atomic mass is 32.2. The number of aliphatic carboxylic acids is 1. The lowest BCUT2D eigenvalue weighted by Crippen LogP contribution is -2.31. The Hall–Kier alpha value is -1.44. The Morgan fingerprint density at radius 1 is 1.26 bits per heavy atom. The quantitative estimate of drug-likeness (QED) is 0.721. The van der Waals surface area contributed by atoms with Gasteiger partial charge < -0.3 is 10.8 Å². The van der Waals surface area contributed by atoms with E-state index < -0.39 is 22.1 Å². The average Bonchev–Trinajstić information content (AvgIpc) is 2.29. The standard InChI is InChI=1S/C6H13NO2.C6H6O3S/c1-4(2)3-5(7)6(8)9;7-10(8,9)6-4-2-1-3-5-6/h4-5H,3,7H2,1-2H3,(H,8,9);1-5H,(H,7,8,9)/t5-;/m0./s1. The highest BCUT2D eigenvalue weighted by Crippen LogP contribution is 2.05. The Bertz CT molecular complexity index is 484. The minimum Gasteiger partial charge on any atom is -0.480 e. The van der Waals surface area contributed by atoms with E-state index in [4.69, 9.17) is 15.4 Å². The van der Waals surface area contributed by atoms with Gasteiger partial charge in [-0.2, -0.15) is 8.42 Å². The van der Waals surface area contributed by atoms with Crippen LogP contribution in [0.4, 0.5) is 0 Å². The van der Waals surface area contributed by atoms with Crippen molar-refractivity contribution in [3.63, 3.8) is 0 Å². The average molecular weight is 289 g/mol. The maximum absolute atomic E-state index is 10.4. The van der Waals surface area contributed by atoms with Crippen LogP contribution < -0.4 is 5.73 Å². The Morgan fingerprint density at radius 3 is 1.95 bits per heavy atom. The largest absolute Gasteiger partial charge is 0.480 e. The Kier molecular flexibility index (Phi) is 7.28. The van der Waals surface area contributed by atoms with Crippen molar-refractivity contribution in [2.45, 2.75) is 31.2 Å². The number of carboxylic acid groups (broad SMARTS) is 1. The van der Waals surface area contributed by atoms with Gasteiger partial charge in [0.1, 0.15) is 6.04 Å². The third-order valence-electron chi connectivity index (χ3n) is 2.08. The SMILES string of the molecule is CC(C)C[C@H](N)C(=O)O.O=S(=O)(O)c1ccccc1. The second kappa shape index (κ2) is 7.88. The van der Waals surface area contributed by atoms with Crippen molar-refractivity contribution in [2.24, 2.45) is 11.7 Å². The summed E-state index contributed by atoms with van der Waals surface area (Å²) in [7, 11) is -4.00. The fourth-order valence-corrected chi connectivity index (χ4v) is 1.70. The fourth-order valence-electron chi connectivity index (χ4n) is 1.20. The van der Waals surface area contributed by atoms with Crippen LogP contribution in [0.3, 0.4) is 0 Å². The van der Waals surface area contributed by atoms with Crippen LogP contribution in [0.25, 0.3) is 0 Å². The number of hydrogen-bond acceptors (Lipinski definition) is 4. The number of benzene rings is 1. The van der Waals surface area contributed by atoms with Crippen molar-refractivity contribution in [3.8, 4) is 0 Å². The van der Waals surface area contributed by atoms with Crippen LogP contribution >= 0.6 is 0 Å². The fraction of sp³-hybridized carbons (Fsp3) is 0.417. The molecule has 1 atom stereocenters. The lowest BCUT2D eigenvalue weighted by molar-refractivity contribution is -0.138. The van der Waals surface area contributed by atoms with E-state index in [0.29, 0.717) is 12.3 Å². The van der Waals surface area contributed by atoms with Gasteiger partial charge in [0.2, 0.25) is 0 Å². The molecule has 0 aliphatic rings. The lowest BCUT2D eigenvalue weighted by atomic mass is 10.1. The lowest BCUT2D eigenvalue weighted by Gasteiger charge is -2.07. The van der Waals surface area contributed by atoms with Gasteiger partial charge in [0.15, 0.2) is 0 Å². The first kappa shape index (κ1) is 17.6. The molecule has 1 rings (SSSR count). The molecule has 0 saturated heterocycles. The van der Waals surface area contributed by atoms with Crippen LogP contribution in [0.5, 0.6) is 0 Å². The van der Waals surface area contributed by atoms with Gasteiger partial charge in [-0.3, -0.25) is 9.35 Å². The molecule has 0 amide bonds. The summed E-state index contributed by atoms with van der Waals surface area (Å²) in [5.41, 5.74) is 5.22. The van der Waals surface area contributed by atoms with Gasteiger partial charge in [-0.15, -0.1) is 0 Å². The minimum absolute atomic E-state index is 0.0741. The van der Waals surface area contributed by atoms with E-state index in [1.54, 1.807) is 18.2 Å². The Morgan fingerprint density at radius 2 is 1.74 bits per heavy atom. The maximum atomic E-state index is 10.4. The first-order chi connectivity index (χ1) is 8.64. The third-order valence-corrected chi connectivity index (χ3v) is 2.95. The summed E-state index contributed by atoms with van der Waals surface area (Å²) in [4.78, 5) is 10.0. The van der Waals surface area contributed by atoms with Crippen molar-refractivity contribution in [1.82, 2.24) is 0 Å². The summed E-state index contributed by atoms with van der Waals surface area (Å²) in [6, 6.07) is 6.73. The van der Waals surface area contributed by atoms with Gasteiger partial charge in [-0.1, -0.05) is 32.0 Å². The smallest absolute Gasteiger partial charge is 0.320 e. The molecule has 0 heterocycles. The van der Waals surface area contributed by atoms with Crippen molar-refractivity contribution >= 4 is 16.1 Å². The molecule has 0 bridgehead atoms. The monoisotopic (exact) mass is 289 g/mol. The van der Waals surface area contributed by atoms with Crippen molar-refractivity contribution in [2.75, 3.05) is 0 Å². The molecule has 0 radical (unpaired) electrons. The molecule has 108 valence electrons. The highest BCUT2D eigenvalue weighted by Gasteiger charge is 2.11. The van der Waals surface area contributed by atoms with Crippen LogP contribution in [0.15, 0.2) is 35.2 Å². The van der Waals surface area contributed by atoms with Crippen LogP contribution in [-0.4, -0.2) is 30.1 Å². The van der Waals surface area contributed by atoms with Gasteiger partial charge in [0, 0.05) is 0 Å². The van der Waals surface area contributed by atoms with Crippen molar-refractivity contribution < 1.29 is 22.9 Å². The molecule has 0 fully saturated rings. The van der Waals surface area contributed by atoms with Gasteiger partial charge in [-0.25, -0.2) is 0 Å². The summed E-state index contributed by atoms with van der Waals surface area (Å²) in [5.74, 6) is -0.556. The molecule has 6 nitrogen and oxygen atoms in total. The molecule has 7 heteroatoms. The number of hydrogen-bond donors (Lipinski definition) is 3. The van der Waals surface area contributed by atoms with Gasteiger partial charge in [0.25, 0.3) is 10.1 Å². The predicted octanol–water partition coefficient (Wildman–Crippen LogP) is 1.38. The Labute approximate surface area is 113 Å². The topological polar surface area (TPSA) is 118 Å². The predicted molar refractivity (Wildman–Crippen MR) is 71.3 cm³/mol. The molecule has 4 N–H and O–H groups in total. The Balaban J connectivity index is 0.000000344. The minimum atomic E-state index is -4.00. The van der Waals surface area contributed by atoms with Crippen molar-refractivity contribution in [1.29, 1.82) is 0 Å². The first-order valence-corrected chi connectivity index (χ1v) is 7.09. The maximum Gasteiger partial charge on any atom is 0.320 e. The van der Waals surface area contributed by atoms with E-state index in [9.17, 15) is 13.2 Å². The number of nitrogens with two attached hydrogens (primary N) is 1. The van der Waals surface area contributed by atoms with Crippen LogP contribution in [0.2, 0.25) is 0 Å². The molecule has 0 saturated carbocycles. The molecule has 0 spiro atoms. The summed E-state index contributed by atoms with van der Waals surface area (Å²) in [6.07, 6.45) is 0.551.